The van der Waals surface area contributed by atoms with Crippen LogP contribution in [-0.2, 0) is 14.6 Å². The van der Waals surface area contributed by atoms with E-state index in [1.165, 1.54) is 31.2 Å². The lowest BCUT2D eigenvalue weighted by molar-refractivity contribution is -0.149. The molecule has 0 saturated carbocycles. The molecule has 0 aliphatic carbocycles. The summed E-state index contributed by atoms with van der Waals surface area (Å²) in [5.74, 6) is -2.14. The van der Waals surface area contributed by atoms with E-state index in [1.807, 2.05) is 0 Å². The van der Waals surface area contributed by atoms with Gasteiger partial charge in [-0.15, -0.1) is 0 Å². The quantitative estimate of drug-likeness (QED) is 0.894. The van der Waals surface area contributed by atoms with Crippen LogP contribution in [0.2, 0.25) is 0 Å². The van der Waals surface area contributed by atoms with Crippen LogP contribution in [0, 0.1) is 0 Å². The van der Waals surface area contributed by atoms with E-state index >= 15 is 0 Å². The molecule has 6 nitrogen and oxygen atoms in total. The summed E-state index contributed by atoms with van der Waals surface area (Å²) in [5, 5.41) is 8.82. The number of rotatable bonds is 4. The number of alkyl halides is 1. The molecule has 0 bridgehead atoms. The summed E-state index contributed by atoms with van der Waals surface area (Å²) in [6.45, 7) is 1.03. The number of halogens is 1. The molecule has 1 aromatic rings. The van der Waals surface area contributed by atoms with Crippen LogP contribution in [0.15, 0.2) is 29.2 Å². The number of sulfone groups is 1. The Hall–Kier alpha value is -1.96. The molecular weight excluding hydrogens is 313 g/mol. The van der Waals surface area contributed by atoms with Crippen LogP contribution in [0.1, 0.15) is 23.7 Å². The van der Waals surface area contributed by atoms with Crippen LogP contribution in [0.5, 0.6) is 0 Å². The van der Waals surface area contributed by atoms with Crippen molar-refractivity contribution < 1.29 is 27.5 Å². The van der Waals surface area contributed by atoms with Crippen LogP contribution < -0.4 is 0 Å². The first-order valence-corrected chi connectivity index (χ1v) is 8.39. The van der Waals surface area contributed by atoms with Gasteiger partial charge >= 0.3 is 5.97 Å². The fraction of sp³-hybridized carbons (Fsp3) is 0.429. The molecule has 1 N–H and O–H groups in total. The summed E-state index contributed by atoms with van der Waals surface area (Å²) >= 11 is 0. The van der Waals surface area contributed by atoms with Gasteiger partial charge in [-0.25, -0.2) is 17.6 Å². The fourth-order valence-electron chi connectivity index (χ4n) is 2.27. The zero-order valence-corrected chi connectivity index (χ0v) is 12.8. The molecule has 1 heterocycles. The molecule has 8 heteroatoms. The van der Waals surface area contributed by atoms with Gasteiger partial charge in [0, 0.05) is 18.5 Å². The second-order valence-electron chi connectivity index (χ2n) is 5.17. The number of likely N-dealkylation sites (tertiary alicyclic amines) is 1. The lowest BCUT2D eigenvalue weighted by Crippen LogP contribution is -2.38. The third kappa shape index (κ3) is 2.96. The molecule has 0 radical (unpaired) electrons. The number of hydrogen-bond donors (Lipinski definition) is 1. The van der Waals surface area contributed by atoms with Crippen molar-refractivity contribution in [3.05, 3.63) is 29.8 Å². The number of carbonyl (C=O) groups is 2. The lowest BCUT2D eigenvalue weighted by atomic mass is 10.1. The first-order valence-electron chi connectivity index (χ1n) is 6.74. The molecule has 1 aliphatic heterocycles. The van der Waals surface area contributed by atoms with Gasteiger partial charge in [-0.3, -0.25) is 4.79 Å². The van der Waals surface area contributed by atoms with Crippen molar-refractivity contribution in [3.8, 4) is 0 Å². The summed E-state index contributed by atoms with van der Waals surface area (Å²) in [5.41, 5.74) is -2.22. The number of amides is 1. The zero-order valence-electron chi connectivity index (χ0n) is 12.0. The van der Waals surface area contributed by atoms with Crippen LogP contribution in [-0.4, -0.2) is 54.8 Å². The monoisotopic (exact) mass is 329 g/mol. The second-order valence-corrected chi connectivity index (χ2v) is 7.45. The average molecular weight is 329 g/mol. The number of nitrogens with zero attached hydrogens (tertiary/aromatic N) is 1. The van der Waals surface area contributed by atoms with E-state index in [2.05, 4.69) is 0 Å². The SMILES string of the molecule is CCS(=O)(=O)c1ccc(C(=O)N2CCC(F)(C(=O)O)C2)cc1. The van der Waals surface area contributed by atoms with Crippen molar-refractivity contribution in [2.75, 3.05) is 18.8 Å². The number of carboxylic acid groups (broad SMARTS) is 1. The standard InChI is InChI=1S/C14H16FNO5S/c1-2-22(20,21)11-5-3-10(4-6-11)12(17)16-8-7-14(15,9-16)13(18)19/h3-6H,2,7-9H2,1H3,(H,18,19). The smallest absolute Gasteiger partial charge is 0.343 e. The van der Waals surface area contributed by atoms with E-state index in [1.54, 1.807) is 0 Å². The molecule has 0 aromatic heterocycles. The highest BCUT2D eigenvalue weighted by Crippen LogP contribution is 2.27. The number of hydrogen-bond acceptors (Lipinski definition) is 4. The van der Waals surface area contributed by atoms with Crippen LogP contribution in [0.4, 0.5) is 4.39 Å². The molecule has 1 amide bonds. The minimum absolute atomic E-state index is 0.0106. The molecule has 2 rings (SSSR count). The normalized spacial score (nSPS) is 21.8. The van der Waals surface area contributed by atoms with E-state index in [0.717, 1.165) is 4.90 Å². The summed E-state index contributed by atoms with van der Waals surface area (Å²) < 4.78 is 37.3. The Morgan fingerprint density at radius 1 is 1.32 bits per heavy atom. The van der Waals surface area contributed by atoms with Gasteiger partial charge in [0.25, 0.3) is 5.91 Å². The van der Waals surface area contributed by atoms with Crippen molar-refractivity contribution in [1.29, 1.82) is 0 Å². The average Bonchev–Trinajstić information content (AvgIpc) is 2.90. The molecule has 1 atom stereocenters. The van der Waals surface area contributed by atoms with Crippen molar-refractivity contribution in [1.82, 2.24) is 4.90 Å². The Morgan fingerprint density at radius 2 is 1.91 bits per heavy atom. The van der Waals surface area contributed by atoms with Crippen LogP contribution in [0.3, 0.4) is 0 Å². The van der Waals surface area contributed by atoms with Crippen LogP contribution in [0.25, 0.3) is 0 Å². The van der Waals surface area contributed by atoms with E-state index in [9.17, 15) is 22.4 Å². The van der Waals surface area contributed by atoms with Crippen LogP contribution >= 0.6 is 0 Å². The summed E-state index contributed by atoms with van der Waals surface area (Å²) in [6, 6.07) is 5.35. The summed E-state index contributed by atoms with van der Waals surface area (Å²) in [7, 11) is -3.35. The molecule has 1 unspecified atom stereocenters. The highest BCUT2D eigenvalue weighted by atomic mass is 32.2. The first kappa shape index (κ1) is 16.4. The maximum atomic E-state index is 14.0. The molecule has 0 spiro atoms. The van der Waals surface area contributed by atoms with E-state index in [4.69, 9.17) is 5.11 Å². The number of carbonyl (C=O) groups excluding carboxylic acids is 1. The van der Waals surface area contributed by atoms with Gasteiger partial charge < -0.3 is 10.0 Å². The molecule has 22 heavy (non-hydrogen) atoms. The Bertz CT molecular complexity index is 700. The third-order valence-electron chi connectivity index (χ3n) is 3.73. The van der Waals surface area contributed by atoms with Gasteiger partial charge in [0.1, 0.15) is 0 Å². The maximum absolute atomic E-state index is 14.0. The van der Waals surface area contributed by atoms with E-state index in [-0.39, 0.29) is 29.2 Å². The zero-order chi connectivity index (χ0) is 16.5. The minimum Gasteiger partial charge on any atom is -0.479 e. The van der Waals surface area contributed by atoms with E-state index in [0.29, 0.717) is 0 Å². The van der Waals surface area contributed by atoms with Crippen molar-refractivity contribution >= 4 is 21.7 Å². The van der Waals surface area contributed by atoms with E-state index < -0.39 is 33.9 Å². The first-order chi connectivity index (χ1) is 10.2. The Morgan fingerprint density at radius 3 is 2.36 bits per heavy atom. The van der Waals surface area contributed by atoms with Gasteiger partial charge in [0.05, 0.1) is 17.2 Å². The maximum Gasteiger partial charge on any atom is 0.343 e. The molecule has 1 aromatic carbocycles. The highest BCUT2D eigenvalue weighted by molar-refractivity contribution is 7.91. The number of benzene rings is 1. The molecule has 1 saturated heterocycles. The summed E-state index contributed by atoms with van der Waals surface area (Å²) in [4.78, 5) is 24.3. The fourth-order valence-corrected chi connectivity index (χ4v) is 3.16. The predicted octanol–water partition coefficient (Wildman–Crippen LogP) is 1.12. The van der Waals surface area contributed by atoms with Gasteiger partial charge in [-0.2, -0.15) is 0 Å². The van der Waals surface area contributed by atoms with Crippen molar-refractivity contribution in [2.24, 2.45) is 0 Å². The Kier molecular flexibility index (Phi) is 4.23. The largest absolute Gasteiger partial charge is 0.479 e. The number of carboxylic acids is 1. The molecular formula is C14H16FNO5S. The van der Waals surface area contributed by atoms with Crippen molar-refractivity contribution in [3.63, 3.8) is 0 Å². The molecule has 120 valence electrons. The van der Waals surface area contributed by atoms with Gasteiger partial charge in [-0.05, 0) is 24.3 Å². The second kappa shape index (κ2) is 5.68. The van der Waals surface area contributed by atoms with Crippen molar-refractivity contribution in [2.45, 2.75) is 23.9 Å². The molecule has 1 fully saturated rings. The van der Waals surface area contributed by atoms with Gasteiger partial charge in [-0.1, -0.05) is 6.92 Å². The lowest BCUT2D eigenvalue weighted by Gasteiger charge is -2.17. The predicted molar refractivity (Wildman–Crippen MR) is 76.2 cm³/mol. The van der Waals surface area contributed by atoms with Gasteiger partial charge in [0.15, 0.2) is 9.84 Å². The van der Waals surface area contributed by atoms with Gasteiger partial charge in [0.2, 0.25) is 5.67 Å². The third-order valence-corrected chi connectivity index (χ3v) is 5.48. The highest BCUT2D eigenvalue weighted by Gasteiger charge is 2.46. The Labute approximate surface area is 127 Å². The summed E-state index contributed by atoms with van der Waals surface area (Å²) in [6.07, 6.45) is -0.254. The topological polar surface area (TPSA) is 91.8 Å². The Balaban J connectivity index is 2.17. The minimum atomic E-state index is -3.35. The molecule has 1 aliphatic rings. The number of aliphatic carboxylic acids is 1.